The van der Waals surface area contributed by atoms with Gasteiger partial charge in [0, 0.05) is 49.2 Å². The molecule has 2 aromatic rings. The van der Waals surface area contributed by atoms with E-state index in [1.54, 1.807) is 0 Å². The molecule has 2 amide bonds. The molecule has 1 N–H and O–H groups in total. The van der Waals surface area contributed by atoms with Crippen LogP contribution in [0.3, 0.4) is 0 Å². The Morgan fingerprint density at radius 2 is 1.73 bits per heavy atom. The number of nitrogens with one attached hydrogen (secondary N) is 1. The fourth-order valence-electron chi connectivity index (χ4n) is 6.06. The van der Waals surface area contributed by atoms with Crippen molar-refractivity contribution >= 4 is 28.5 Å². The van der Waals surface area contributed by atoms with Crippen LogP contribution in [0.15, 0.2) is 30.3 Å². The van der Waals surface area contributed by atoms with E-state index in [-0.39, 0.29) is 6.03 Å². The second-order valence-electron chi connectivity index (χ2n) is 10.4. The zero-order valence-electron chi connectivity index (χ0n) is 19.6. The van der Waals surface area contributed by atoms with Crippen LogP contribution in [0.1, 0.15) is 69.8 Å². The van der Waals surface area contributed by atoms with E-state index in [0.717, 1.165) is 68.3 Å². The van der Waals surface area contributed by atoms with Crippen LogP contribution < -0.4 is 5.32 Å². The number of para-hydroxylation sites is 1. The summed E-state index contributed by atoms with van der Waals surface area (Å²) in [5.41, 5.74) is 2.09. The Bertz CT molecular complexity index is 946. The topological polar surface area (TPSA) is 48.5 Å². The van der Waals surface area contributed by atoms with Crippen molar-refractivity contribution < 1.29 is 4.79 Å². The van der Waals surface area contributed by atoms with Gasteiger partial charge in [-0.15, -0.1) is 0 Å². The molecule has 2 aliphatic carbocycles. The van der Waals surface area contributed by atoms with Gasteiger partial charge in [0.1, 0.15) is 5.15 Å². The van der Waals surface area contributed by atoms with Crippen molar-refractivity contribution in [3.05, 3.63) is 41.0 Å². The highest BCUT2D eigenvalue weighted by Gasteiger charge is 2.30. The molecule has 3 fully saturated rings. The highest BCUT2D eigenvalue weighted by Crippen LogP contribution is 2.30. The average molecular weight is 469 g/mol. The fourth-order valence-corrected chi connectivity index (χ4v) is 6.27. The van der Waals surface area contributed by atoms with Crippen LogP contribution in [0.25, 0.3) is 10.9 Å². The third kappa shape index (κ3) is 5.63. The van der Waals surface area contributed by atoms with Gasteiger partial charge in [-0.05, 0) is 56.6 Å². The molecule has 6 heteroatoms. The maximum Gasteiger partial charge on any atom is 0.317 e. The highest BCUT2D eigenvalue weighted by atomic mass is 35.5. The quantitative estimate of drug-likeness (QED) is 0.529. The molecule has 5 rings (SSSR count). The second-order valence-corrected chi connectivity index (χ2v) is 10.7. The molecule has 1 aromatic heterocycles. The van der Waals surface area contributed by atoms with Crippen LogP contribution in [-0.4, -0.2) is 52.5 Å². The van der Waals surface area contributed by atoms with E-state index >= 15 is 0 Å². The van der Waals surface area contributed by atoms with Gasteiger partial charge in [0.05, 0.1) is 5.52 Å². The highest BCUT2D eigenvalue weighted by molar-refractivity contribution is 6.30. The van der Waals surface area contributed by atoms with E-state index < -0.39 is 0 Å². The van der Waals surface area contributed by atoms with Gasteiger partial charge in [0.15, 0.2) is 0 Å². The number of halogens is 1. The molecule has 3 aliphatic rings. The molecule has 0 radical (unpaired) electrons. The number of benzene rings is 1. The molecule has 1 aliphatic heterocycles. The van der Waals surface area contributed by atoms with Crippen LogP contribution in [-0.2, 0) is 6.54 Å². The third-order valence-corrected chi connectivity index (χ3v) is 8.37. The lowest BCUT2D eigenvalue weighted by Crippen LogP contribution is -2.48. The smallest absolute Gasteiger partial charge is 0.317 e. The molecule has 2 heterocycles. The Balaban J connectivity index is 1.21. The number of nitrogens with zero attached hydrogens (tertiary/aromatic N) is 3. The van der Waals surface area contributed by atoms with E-state index in [0.29, 0.717) is 23.2 Å². The number of piperidine rings is 1. The van der Waals surface area contributed by atoms with Crippen molar-refractivity contribution in [1.82, 2.24) is 20.1 Å². The molecular formula is C27H37ClN4O. The molecule has 178 valence electrons. The minimum atomic E-state index is 0.155. The van der Waals surface area contributed by atoms with Crippen molar-refractivity contribution in [2.24, 2.45) is 5.92 Å². The SMILES string of the molecule is O=C(NC1CCCC1)N1CCC(CN(Cc2cc3ccccc3nc2Cl)C2CCCC2)CC1. The van der Waals surface area contributed by atoms with Crippen LogP contribution >= 0.6 is 11.6 Å². The van der Waals surface area contributed by atoms with E-state index in [2.05, 4.69) is 33.4 Å². The van der Waals surface area contributed by atoms with Gasteiger partial charge < -0.3 is 10.2 Å². The summed E-state index contributed by atoms with van der Waals surface area (Å²) in [5, 5.41) is 5.05. The maximum absolute atomic E-state index is 12.7. The predicted octanol–water partition coefficient (Wildman–Crippen LogP) is 6.00. The molecular weight excluding hydrogens is 432 g/mol. The molecule has 0 spiro atoms. The molecule has 2 saturated carbocycles. The molecule has 1 aromatic carbocycles. The number of rotatable bonds is 6. The normalized spacial score (nSPS) is 20.8. The summed E-state index contributed by atoms with van der Waals surface area (Å²) in [6.45, 7) is 3.70. The number of pyridine rings is 1. The number of fused-ring (bicyclic) bond motifs is 1. The number of carbonyl (C=O) groups excluding carboxylic acids is 1. The van der Waals surface area contributed by atoms with Gasteiger partial charge in [-0.3, -0.25) is 4.90 Å². The summed E-state index contributed by atoms with van der Waals surface area (Å²) in [5.74, 6) is 0.633. The van der Waals surface area contributed by atoms with E-state index in [4.69, 9.17) is 11.6 Å². The summed E-state index contributed by atoms with van der Waals surface area (Å²) in [6, 6.07) is 11.6. The van der Waals surface area contributed by atoms with E-state index in [9.17, 15) is 4.79 Å². The van der Waals surface area contributed by atoms with Crippen LogP contribution in [0.4, 0.5) is 4.79 Å². The summed E-state index contributed by atoms with van der Waals surface area (Å²) in [4.78, 5) is 22.0. The van der Waals surface area contributed by atoms with Crippen molar-refractivity contribution in [2.75, 3.05) is 19.6 Å². The van der Waals surface area contributed by atoms with Gasteiger partial charge in [0.25, 0.3) is 0 Å². The van der Waals surface area contributed by atoms with Gasteiger partial charge in [-0.1, -0.05) is 55.5 Å². The Hall–Kier alpha value is -1.85. The molecule has 0 bridgehead atoms. The number of aromatic nitrogens is 1. The summed E-state index contributed by atoms with van der Waals surface area (Å²) >= 11 is 6.63. The molecule has 1 saturated heterocycles. The number of likely N-dealkylation sites (tertiary alicyclic amines) is 1. The zero-order chi connectivity index (χ0) is 22.6. The maximum atomic E-state index is 12.7. The Labute approximate surface area is 202 Å². The first-order valence-corrected chi connectivity index (χ1v) is 13.4. The summed E-state index contributed by atoms with van der Waals surface area (Å²) < 4.78 is 0. The largest absolute Gasteiger partial charge is 0.335 e. The van der Waals surface area contributed by atoms with Crippen LogP contribution in [0, 0.1) is 5.92 Å². The minimum absolute atomic E-state index is 0.155. The lowest BCUT2D eigenvalue weighted by atomic mass is 9.95. The average Bonchev–Trinajstić information content (AvgIpc) is 3.54. The third-order valence-electron chi connectivity index (χ3n) is 8.04. The molecule has 0 atom stereocenters. The van der Waals surface area contributed by atoms with Crippen LogP contribution in [0.5, 0.6) is 0 Å². The molecule has 33 heavy (non-hydrogen) atoms. The first-order chi connectivity index (χ1) is 16.2. The van der Waals surface area contributed by atoms with Crippen molar-refractivity contribution in [2.45, 2.75) is 82.8 Å². The number of urea groups is 1. The Morgan fingerprint density at radius 3 is 2.48 bits per heavy atom. The molecule has 0 unspecified atom stereocenters. The number of amides is 2. The van der Waals surface area contributed by atoms with Gasteiger partial charge in [-0.2, -0.15) is 0 Å². The first kappa shape index (κ1) is 22.9. The minimum Gasteiger partial charge on any atom is -0.335 e. The van der Waals surface area contributed by atoms with E-state index in [1.807, 2.05) is 17.0 Å². The first-order valence-electron chi connectivity index (χ1n) is 13.0. The monoisotopic (exact) mass is 468 g/mol. The van der Waals surface area contributed by atoms with Crippen molar-refractivity contribution in [3.63, 3.8) is 0 Å². The lowest BCUT2D eigenvalue weighted by molar-refractivity contribution is 0.118. The van der Waals surface area contributed by atoms with Crippen molar-refractivity contribution in [1.29, 1.82) is 0 Å². The van der Waals surface area contributed by atoms with Crippen molar-refractivity contribution in [3.8, 4) is 0 Å². The number of hydrogen-bond donors (Lipinski definition) is 1. The molecule has 5 nitrogen and oxygen atoms in total. The van der Waals surface area contributed by atoms with Gasteiger partial charge in [-0.25, -0.2) is 9.78 Å². The van der Waals surface area contributed by atoms with Gasteiger partial charge in [0.2, 0.25) is 0 Å². The zero-order valence-corrected chi connectivity index (χ0v) is 20.4. The number of hydrogen-bond acceptors (Lipinski definition) is 3. The van der Waals surface area contributed by atoms with Gasteiger partial charge >= 0.3 is 6.03 Å². The lowest BCUT2D eigenvalue weighted by Gasteiger charge is -2.37. The Kier molecular flexibility index (Phi) is 7.37. The second kappa shape index (κ2) is 10.6. The predicted molar refractivity (Wildman–Crippen MR) is 135 cm³/mol. The summed E-state index contributed by atoms with van der Waals surface area (Å²) in [6.07, 6.45) is 12.2. The van der Waals surface area contributed by atoms with Crippen LogP contribution in [0.2, 0.25) is 5.15 Å². The summed E-state index contributed by atoms with van der Waals surface area (Å²) in [7, 11) is 0. The van der Waals surface area contributed by atoms with E-state index in [1.165, 1.54) is 38.5 Å². The number of carbonyl (C=O) groups is 1. The fraction of sp³-hybridized carbons (Fsp3) is 0.630. The Morgan fingerprint density at radius 1 is 1.03 bits per heavy atom. The standard InChI is InChI=1S/C27H37ClN4O/c28-26-22(17-21-7-1-6-12-25(21)30-26)19-32(24-10-4-5-11-24)18-20-13-15-31(16-14-20)27(33)29-23-8-2-3-9-23/h1,6-7,12,17,20,23-24H,2-5,8-11,13-16,18-19H2,(H,29,33).